The number of nitrogens with one attached hydrogen (secondary N) is 1. The fourth-order valence-corrected chi connectivity index (χ4v) is 3.68. The maximum absolute atomic E-state index is 12.4. The van der Waals surface area contributed by atoms with Crippen LogP contribution in [0.15, 0.2) is 51.7 Å². The number of amides is 1. The number of rotatable bonds is 6. The second-order valence-corrected chi connectivity index (χ2v) is 7.95. The van der Waals surface area contributed by atoms with Gasteiger partial charge in [0.05, 0.1) is 30.6 Å². The third-order valence-corrected chi connectivity index (χ3v) is 5.55. The Morgan fingerprint density at radius 1 is 1.10 bits per heavy atom. The molecule has 0 spiro atoms. The van der Waals surface area contributed by atoms with Crippen LogP contribution in [0.25, 0.3) is 11.0 Å². The zero-order valence-corrected chi connectivity index (χ0v) is 17.7. The minimum Gasteiger partial charge on any atom is -0.507 e. The molecule has 0 radical (unpaired) electrons. The van der Waals surface area contributed by atoms with Gasteiger partial charge in [-0.2, -0.15) is 0 Å². The Hall–Kier alpha value is -2.87. The summed E-state index contributed by atoms with van der Waals surface area (Å²) in [5.74, 6) is -0.276. The van der Waals surface area contributed by atoms with Crippen LogP contribution in [0.2, 0.25) is 5.02 Å². The zero-order chi connectivity index (χ0) is 21.8. The van der Waals surface area contributed by atoms with Crippen LogP contribution < -0.4 is 10.9 Å². The molecule has 0 aliphatic carbocycles. The van der Waals surface area contributed by atoms with Gasteiger partial charge in [0.2, 0.25) is 5.91 Å². The number of morpholine rings is 1. The molecule has 0 atom stereocenters. The Balaban J connectivity index is 1.49. The van der Waals surface area contributed by atoms with Crippen LogP contribution in [-0.4, -0.2) is 42.2 Å². The quantitative estimate of drug-likeness (QED) is 0.570. The Morgan fingerprint density at radius 2 is 1.84 bits per heavy atom. The molecule has 162 valence electrons. The van der Waals surface area contributed by atoms with E-state index in [2.05, 4.69) is 10.2 Å². The number of hydrogen-bond donors (Lipinski definition) is 2. The maximum atomic E-state index is 12.4. The topological polar surface area (TPSA) is 92.0 Å². The number of aromatic hydroxyl groups is 1. The number of ether oxygens (including phenoxy) is 1. The lowest BCUT2D eigenvalue weighted by atomic mass is 10.0. The van der Waals surface area contributed by atoms with E-state index in [0.29, 0.717) is 53.4 Å². The predicted octanol–water partition coefficient (Wildman–Crippen LogP) is 2.84. The fourth-order valence-electron chi connectivity index (χ4n) is 3.55. The van der Waals surface area contributed by atoms with E-state index >= 15 is 0 Å². The normalized spacial score (nSPS) is 14.6. The van der Waals surface area contributed by atoms with Crippen molar-refractivity contribution in [3.8, 4) is 5.75 Å². The average Bonchev–Trinajstić information content (AvgIpc) is 2.77. The Kier molecular flexibility index (Phi) is 6.56. The molecule has 0 unspecified atom stereocenters. The number of carbonyl (C=O) groups is 1. The summed E-state index contributed by atoms with van der Waals surface area (Å²) in [6, 6.07) is 12.1. The van der Waals surface area contributed by atoms with E-state index in [1.54, 1.807) is 30.3 Å². The molecule has 31 heavy (non-hydrogen) atoms. The lowest BCUT2D eigenvalue weighted by Crippen LogP contribution is -2.36. The van der Waals surface area contributed by atoms with Crippen LogP contribution in [0.4, 0.5) is 0 Å². The number of fused-ring (bicyclic) bond motifs is 1. The van der Waals surface area contributed by atoms with Crippen LogP contribution >= 0.6 is 11.6 Å². The van der Waals surface area contributed by atoms with Gasteiger partial charge in [0.25, 0.3) is 0 Å². The minimum absolute atomic E-state index is 0.00723. The number of benzene rings is 2. The minimum atomic E-state index is -0.424. The van der Waals surface area contributed by atoms with Crippen molar-refractivity contribution in [3.63, 3.8) is 0 Å². The Morgan fingerprint density at radius 3 is 2.58 bits per heavy atom. The van der Waals surface area contributed by atoms with Gasteiger partial charge < -0.3 is 19.6 Å². The summed E-state index contributed by atoms with van der Waals surface area (Å²) in [5, 5.41) is 14.6. The first kappa shape index (κ1) is 21.4. The predicted molar refractivity (Wildman–Crippen MR) is 117 cm³/mol. The molecule has 1 saturated heterocycles. The summed E-state index contributed by atoms with van der Waals surface area (Å²) >= 11 is 5.87. The smallest absolute Gasteiger partial charge is 0.340 e. The van der Waals surface area contributed by atoms with Gasteiger partial charge in [-0.05, 0) is 29.8 Å². The van der Waals surface area contributed by atoms with Crippen LogP contribution in [0.5, 0.6) is 5.75 Å². The molecular formula is C23H23ClN2O5. The lowest BCUT2D eigenvalue weighted by molar-refractivity contribution is -0.120. The maximum Gasteiger partial charge on any atom is 0.340 e. The van der Waals surface area contributed by atoms with Gasteiger partial charge >= 0.3 is 5.63 Å². The first-order valence-electron chi connectivity index (χ1n) is 10.1. The van der Waals surface area contributed by atoms with Crippen LogP contribution in [0.3, 0.4) is 0 Å². The van der Waals surface area contributed by atoms with Gasteiger partial charge in [-0.3, -0.25) is 9.69 Å². The van der Waals surface area contributed by atoms with Crippen LogP contribution in [0.1, 0.15) is 16.7 Å². The SMILES string of the molecule is O=C(Cc1ccc2oc(=O)c(CN3CCOCC3)cc2c1O)NCc1ccc(Cl)cc1. The molecule has 3 aromatic rings. The number of phenols is 1. The highest BCUT2D eigenvalue weighted by Gasteiger charge is 2.17. The second kappa shape index (κ2) is 9.51. The van der Waals surface area contributed by atoms with E-state index < -0.39 is 5.63 Å². The Bertz CT molecular complexity index is 1140. The summed E-state index contributed by atoms with van der Waals surface area (Å²) in [7, 11) is 0. The second-order valence-electron chi connectivity index (χ2n) is 7.51. The molecule has 0 bridgehead atoms. The van der Waals surface area contributed by atoms with Crippen molar-refractivity contribution in [1.82, 2.24) is 10.2 Å². The monoisotopic (exact) mass is 442 g/mol. The van der Waals surface area contributed by atoms with E-state index in [0.717, 1.165) is 18.7 Å². The lowest BCUT2D eigenvalue weighted by Gasteiger charge is -2.26. The largest absolute Gasteiger partial charge is 0.507 e. The fraction of sp³-hybridized carbons (Fsp3) is 0.304. The summed E-state index contributed by atoms with van der Waals surface area (Å²) in [5.41, 5.74) is 1.72. The van der Waals surface area contributed by atoms with Gasteiger partial charge in [-0.25, -0.2) is 4.79 Å². The van der Waals surface area contributed by atoms with Crippen molar-refractivity contribution in [1.29, 1.82) is 0 Å². The van der Waals surface area contributed by atoms with Gasteiger partial charge in [-0.1, -0.05) is 29.8 Å². The number of carbonyl (C=O) groups excluding carboxylic acids is 1. The van der Waals surface area contributed by atoms with Gasteiger partial charge in [0, 0.05) is 36.8 Å². The van der Waals surface area contributed by atoms with E-state index in [9.17, 15) is 14.7 Å². The third kappa shape index (κ3) is 5.25. The molecule has 8 heteroatoms. The molecule has 4 rings (SSSR count). The molecule has 2 N–H and O–H groups in total. The standard InChI is InChI=1S/C23H23ClN2O5/c24-18-4-1-15(2-5-18)13-25-21(27)12-16-3-6-20-19(22(16)28)11-17(23(29)31-20)14-26-7-9-30-10-8-26/h1-6,11,28H,7-10,12-14H2,(H,25,27). The van der Waals surface area contributed by atoms with Gasteiger partial charge in [0.15, 0.2) is 0 Å². The summed E-state index contributed by atoms with van der Waals surface area (Å²) in [6.45, 7) is 3.50. The molecular weight excluding hydrogens is 420 g/mol. The van der Waals surface area contributed by atoms with Gasteiger partial charge in [-0.15, -0.1) is 0 Å². The molecule has 1 fully saturated rings. The first-order chi connectivity index (χ1) is 15.0. The summed E-state index contributed by atoms with van der Waals surface area (Å²) < 4.78 is 10.7. The summed E-state index contributed by atoms with van der Waals surface area (Å²) in [6.07, 6.45) is 0.00723. The highest BCUT2D eigenvalue weighted by molar-refractivity contribution is 6.30. The first-order valence-corrected chi connectivity index (χ1v) is 10.5. The molecule has 2 heterocycles. The van der Waals surface area contributed by atoms with Crippen molar-refractivity contribution in [2.45, 2.75) is 19.5 Å². The van der Waals surface area contributed by atoms with Crippen molar-refractivity contribution in [2.75, 3.05) is 26.3 Å². The van der Waals surface area contributed by atoms with E-state index in [-0.39, 0.29) is 18.1 Å². The number of halogens is 1. The van der Waals surface area contributed by atoms with Crippen molar-refractivity contribution < 1.29 is 19.1 Å². The molecule has 1 aliphatic rings. The molecule has 1 aromatic heterocycles. The highest BCUT2D eigenvalue weighted by Crippen LogP contribution is 2.29. The number of phenolic OH excluding ortho intramolecular Hbond substituents is 1. The molecule has 2 aromatic carbocycles. The average molecular weight is 443 g/mol. The highest BCUT2D eigenvalue weighted by atomic mass is 35.5. The number of nitrogens with zero attached hydrogens (tertiary/aromatic N) is 1. The van der Waals surface area contributed by atoms with Crippen molar-refractivity contribution in [2.24, 2.45) is 0 Å². The molecule has 1 amide bonds. The van der Waals surface area contributed by atoms with E-state index in [4.69, 9.17) is 20.8 Å². The summed E-state index contributed by atoms with van der Waals surface area (Å²) in [4.78, 5) is 26.8. The van der Waals surface area contributed by atoms with E-state index in [1.807, 2.05) is 12.1 Å². The van der Waals surface area contributed by atoms with Crippen LogP contribution in [-0.2, 0) is 29.0 Å². The third-order valence-electron chi connectivity index (χ3n) is 5.30. The van der Waals surface area contributed by atoms with Crippen molar-refractivity contribution >= 4 is 28.5 Å². The van der Waals surface area contributed by atoms with Crippen LogP contribution in [0, 0.1) is 0 Å². The van der Waals surface area contributed by atoms with Crippen molar-refractivity contribution in [3.05, 3.63) is 74.6 Å². The van der Waals surface area contributed by atoms with E-state index in [1.165, 1.54) is 0 Å². The molecule has 7 nitrogen and oxygen atoms in total. The zero-order valence-electron chi connectivity index (χ0n) is 16.9. The number of hydrogen-bond acceptors (Lipinski definition) is 6. The molecule has 0 saturated carbocycles. The Labute approximate surface area is 184 Å². The molecule has 1 aliphatic heterocycles. The van der Waals surface area contributed by atoms with Gasteiger partial charge in [0.1, 0.15) is 11.3 Å².